The Labute approximate surface area is 91.2 Å². The lowest BCUT2D eigenvalue weighted by Gasteiger charge is -2.10. The molecule has 0 spiro atoms. The summed E-state index contributed by atoms with van der Waals surface area (Å²) in [7, 11) is -3.70. The summed E-state index contributed by atoms with van der Waals surface area (Å²) in [5.74, 6) is 0. The second-order valence-electron chi connectivity index (χ2n) is 3.47. The maximum Gasteiger partial charge on any atom is 0.433 e. The summed E-state index contributed by atoms with van der Waals surface area (Å²) in [6.45, 7) is 2.81. The molecule has 0 saturated heterocycles. The molecule has 16 heavy (non-hydrogen) atoms. The molecule has 0 aliphatic rings. The SMILES string of the molecule is CC(C)S(=O)(=O)c1ccnc(C(F)(F)F)c1. The van der Waals surface area contributed by atoms with Crippen LogP contribution in [0.2, 0.25) is 0 Å². The highest BCUT2D eigenvalue weighted by atomic mass is 32.2. The van der Waals surface area contributed by atoms with E-state index in [1.165, 1.54) is 13.8 Å². The van der Waals surface area contributed by atoms with Crippen molar-refractivity contribution >= 4 is 9.84 Å². The van der Waals surface area contributed by atoms with Gasteiger partial charge in [-0.05, 0) is 26.0 Å². The van der Waals surface area contributed by atoms with Crippen LogP contribution in [0.15, 0.2) is 23.2 Å². The zero-order valence-corrected chi connectivity index (χ0v) is 9.43. The molecule has 0 N–H and O–H groups in total. The van der Waals surface area contributed by atoms with Gasteiger partial charge in [0.05, 0.1) is 10.1 Å². The average Bonchev–Trinajstić information content (AvgIpc) is 2.16. The van der Waals surface area contributed by atoms with Gasteiger partial charge in [-0.15, -0.1) is 0 Å². The molecule has 0 fully saturated rings. The van der Waals surface area contributed by atoms with Crippen molar-refractivity contribution in [1.82, 2.24) is 4.98 Å². The first-order valence-corrected chi connectivity index (χ1v) is 5.97. The van der Waals surface area contributed by atoms with E-state index in [0.29, 0.717) is 6.07 Å². The minimum absolute atomic E-state index is 0.357. The molecule has 1 aromatic rings. The Kier molecular flexibility index (Phi) is 3.27. The molecule has 7 heteroatoms. The fourth-order valence-corrected chi connectivity index (χ4v) is 2.09. The Morgan fingerprint density at radius 3 is 2.31 bits per heavy atom. The lowest BCUT2D eigenvalue weighted by atomic mass is 10.3. The molecule has 0 saturated carbocycles. The summed E-state index contributed by atoms with van der Waals surface area (Å²) in [5, 5.41) is -0.768. The molecule has 0 radical (unpaired) electrons. The Hall–Kier alpha value is -1.11. The predicted octanol–water partition coefficient (Wildman–Crippen LogP) is 2.28. The van der Waals surface area contributed by atoms with Crippen molar-refractivity contribution in [1.29, 1.82) is 0 Å². The van der Waals surface area contributed by atoms with Gasteiger partial charge in [-0.25, -0.2) is 8.42 Å². The summed E-state index contributed by atoms with van der Waals surface area (Å²) in [6.07, 6.45) is -3.79. The number of rotatable bonds is 2. The molecule has 0 aliphatic heterocycles. The number of hydrogen-bond donors (Lipinski definition) is 0. The third-order valence-corrected chi connectivity index (χ3v) is 4.12. The van der Waals surface area contributed by atoms with Gasteiger partial charge in [-0.2, -0.15) is 13.2 Å². The standard InChI is InChI=1S/C9H10F3NO2S/c1-6(2)16(14,15)7-3-4-13-8(5-7)9(10,11)12/h3-6H,1-2H3. The van der Waals surface area contributed by atoms with Crippen molar-refractivity contribution < 1.29 is 21.6 Å². The van der Waals surface area contributed by atoms with Crippen LogP contribution >= 0.6 is 0 Å². The quantitative estimate of drug-likeness (QED) is 0.812. The molecule has 1 rings (SSSR count). The van der Waals surface area contributed by atoms with Crippen LogP contribution in [0.4, 0.5) is 13.2 Å². The van der Waals surface area contributed by atoms with Crippen LogP contribution in [0.25, 0.3) is 0 Å². The van der Waals surface area contributed by atoms with Crippen LogP contribution in [-0.4, -0.2) is 18.7 Å². The van der Waals surface area contributed by atoms with Crippen molar-refractivity contribution in [2.45, 2.75) is 30.2 Å². The van der Waals surface area contributed by atoms with E-state index in [9.17, 15) is 21.6 Å². The summed E-state index contributed by atoms with van der Waals surface area (Å²) >= 11 is 0. The molecule has 0 atom stereocenters. The molecule has 0 bridgehead atoms. The molecule has 0 unspecified atom stereocenters. The van der Waals surface area contributed by atoms with Gasteiger partial charge in [-0.3, -0.25) is 4.98 Å². The van der Waals surface area contributed by atoms with Crippen molar-refractivity contribution in [3.63, 3.8) is 0 Å². The van der Waals surface area contributed by atoms with E-state index in [-0.39, 0.29) is 4.90 Å². The second-order valence-corrected chi connectivity index (χ2v) is 5.97. The normalized spacial score (nSPS) is 13.1. The number of halogens is 3. The lowest BCUT2D eigenvalue weighted by Crippen LogP contribution is -2.16. The summed E-state index contributed by atoms with van der Waals surface area (Å²) in [4.78, 5) is 2.74. The Bertz CT molecular complexity index is 480. The molecule has 90 valence electrons. The van der Waals surface area contributed by atoms with Gasteiger partial charge in [0.2, 0.25) is 0 Å². The molecule has 0 aromatic carbocycles. The number of hydrogen-bond acceptors (Lipinski definition) is 3. The highest BCUT2D eigenvalue weighted by Crippen LogP contribution is 2.29. The summed E-state index contributed by atoms with van der Waals surface area (Å²) in [5.41, 5.74) is -1.20. The van der Waals surface area contributed by atoms with Crippen molar-refractivity contribution in [3.8, 4) is 0 Å². The van der Waals surface area contributed by atoms with E-state index in [4.69, 9.17) is 0 Å². The van der Waals surface area contributed by atoms with Gasteiger partial charge in [-0.1, -0.05) is 0 Å². The number of aromatic nitrogens is 1. The van der Waals surface area contributed by atoms with Crippen molar-refractivity contribution in [3.05, 3.63) is 24.0 Å². The number of nitrogens with zero attached hydrogens (tertiary/aromatic N) is 1. The van der Waals surface area contributed by atoms with Gasteiger partial charge in [0.1, 0.15) is 5.69 Å². The summed E-state index contributed by atoms with van der Waals surface area (Å²) in [6, 6.07) is 1.61. The van der Waals surface area contributed by atoms with Crippen molar-refractivity contribution in [2.75, 3.05) is 0 Å². The highest BCUT2D eigenvalue weighted by molar-refractivity contribution is 7.92. The van der Waals surface area contributed by atoms with Gasteiger partial charge in [0, 0.05) is 6.20 Å². The van der Waals surface area contributed by atoms with E-state index >= 15 is 0 Å². The lowest BCUT2D eigenvalue weighted by molar-refractivity contribution is -0.141. The first-order chi connectivity index (χ1) is 7.15. The number of pyridine rings is 1. The molecule has 0 amide bonds. The zero-order chi connectivity index (χ0) is 12.6. The third-order valence-electron chi connectivity index (χ3n) is 1.97. The smallest absolute Gasteiger partial charge is 0.252 e. The zero-order valence-electron chi connectivity index (χ0n) is 8.62. The maximum atomic E-state index is 12.3. The molecular weight excluding hydrogens is 243 g/mol. The first kappa shape index (κ1) is 13.0. The van der Waals surface area contributed by atoms with E-state index in [2.05, 4.69) is 4.98 Å². The summed E-state index contributed by atoms with van der Waals surface area (Å²) < 4.78 is 60.1. The Morgan fingerprint density at radius 1 is 1.31 bits per heavy atom. The second kappa shape index (κ2) is 4.04. The van der Waals surface area contributed by atoms with E-state index in [1.54, 1.807) is 0 Å². The van der Waals surface area contributed by atoms with Crippen LogP contribution in [-0.2, 0) is 16.0 Å². The van der Waals surface area contributed by atoms with Gasteiger partial charge >= 0.3 is 6.18 Å². The van der Waals surface area contributed by atoms with Crippen LogP contribution in [0.3, 0.4) is 0 Å². The monoisotopic (exact) mass is 253 g/mol. The minimum Gasteiger partial charge on any atom is -0.252 e. The molecular formula is C9H10F3NO2S. The number of sulfone groups is 1. The fourth-order valence-electron chi connectivity index (χ4n) is 1.02. The topological polar surface area (TPSA) is 47.0 Å². The fraction of sp³-hybridized carbons (Fsp3) is 0.444. The predicted molar refractivity (Wildman–Crippen MR) is 51.6 cm³/mol. The van der Waals surface area contributed by atoms with Crippen LogP contribution in [0.1, 0.15) is 19.5 Å². The van der Waals surface area contributed by atoms with Crippen molar-refractivity contribution in [2.24, 2.45) is 0 Å². The van der Waals surface area contributed by atoms with Gasteiger partial charge in [0.25, 0.3) is 0 Å². The van der Waals surface area contributed by atoms with Crippen LogP contribution in [0.5, 0.6) is 0 Å². The van der Waals surface area contributed by atoms with E-state index < -0.39 is 27.0 Å². The first-order valence-electron chi connectivity index (χ1n) is 4.43. The minimum atomic E-state index is -4.64. The van der Waals surface area contributed by atoms with E-state index in [1.807, 2.05) is 0 Å². The molecule has 0 aliphatic carbocycles. The average molecular weight is 253 g/mol. The molecule has 3 nitrogen and oxygen atoms in total. The van der Waals surface area contributed by atoms with Crippen LogP contribution in [0, 0.1) is 0 Å². The molecule has 1 aromatic heterocycles. The largest absolute Gasteiger partial charge is 0.433 e. The third kappa shape index (κ3) is 2.52. The van der Waals surface area contributed by atoms with Gasteiger partial charge < -0.3 is 0 Å². The van der Waals surface area contributed by atoms with Gasteiger partial charge in [0.15, 0.2) is 9.84 Å². The maximum absolute atomic E-state index is 12.3. The number of alkyl halides is 3. The highest BCUT2D eigenvalue weighted by Gasteiger charge is 2.33. The molecule has 1 heterocycles. The van der Waals surface area contributed by atoms with E-state index in [0.717, 1.165) is 12.3 Å². The van der Waals surface area contributed by atoms with Crippen LogP contribution < -0.4 is 0 Å². The Balaban J connectivity index is 3.30. The Morgan fingerprint density at radius 2 is 1.88 bits per heavy atom.